The standard InChI is InChI=1S/C14H14INO2/c15-9-5-1-2-6-10-16-13(17)11-7-3-4-8-12(11)14(16)18/h3-5,7-9H,1-2,6,10H2. The lowest BCUT2D eigenvalue weighted by molar-refractivity contribution is 0.0652. The highest BCUT2D eigenvalue weighted by atomic mass is 127. The molecule has 4 heteroatoms. The molecule has 0 saturated carbocycles. The minimum atomic E-state index is -0.153. The summed E-state index contributed by atoms with van der Waals surface area (Å²) in [5.41, 5.74) is 1.07. The van der Waals surface area contributed by atoms with Gasteiger partial charge in [0, 0.05) is 6.54 Å². The fourth-order valence-corrected chi connectivity index (χ4v) is 2.40. The smallest absolute Gasteiger partial charge is 0.261 e. The Hall–Kier alpha value is -1.17. The molecule has 94 valence electrons. The fraction of sp³-hybridized carbons (Fsp3) is 0.286. The number of hydrogen-bond donors (Lipinski definition) is 0. The number of unbranched alkanes of at least 4 members (excludes halogenated alkanes) is 2. The van der Waals surface area contributed by atoms with Gasteiger partial charge < -0.3 is 0 Å². The molecule has 0 spiro atoms. The van der Waals surface area contributed by atoms with E-state index in [4.69, 9.17) is 0 Å². The molecule has 1 aliphatic rings. The summed E-state index contributed by atoms with van der Waals surface area (Å²) >= 11 is 2.18. The Balaban J connectivity index is 1.96. The van der Waals surface area contributed by atoms with E-state index in [1.165, 1.54) is 4.90 Å². The lowest BCUT2D eigenvalue weighted by atomic mass is 10.1. The van der Waals surface area contributed by atoms with E-state index in [9.17, 15) is 9.59 Å². The predicted octanol–water partition coefficient (Wildman–Crippen LogP) is 3.40. The van der Waals surface area contributed by atoms with E-state index in [1.807, 2.05) is 4.08 Å². The second-order valence-electron chi connectivity index (χ2n) is 4.16. The summed E-state index contributed by atoms with van der Waals surface area (Å²) in [7, 11) is 0. The number of rotatable bonds is 5. The van der Waals surface area contributed by atoms with Crippen LogP contribution in [0.5, 0.6) is 0 Å². The maximum Gasteiger partial charge on any atom is 0.261 e. The molecule has 0 unspecified atom stereocenters. The average Bonchev–Trinajstić information content (AvgIpc) is 2.64. The number of imide groups is 1. The van der Waals surface area contributed by atoms with Crippen molar-refractivity contribution in [3.8, 4) is 0 Å². The molecule has 0 aromatic heterocycles. The minimum Gasteiger partial charge on any atom is -0.274 e. The molecule has 0 aliphatic carbocycles. The summed E-state index contributed by atoms with van der Waals surface area (Å²) in [4.78, 5) is 25.4. The van der Waals surface area contributed by atoms with Crippen molar-refractivity contribution in [1.29, 1.82) is 0 Å². The summed E-state index contributed by atoms with van der Waals surface area (Å²) in [6.07, 6.45) is 4.92. The molecule has 0 radical (unpaired) electrons. The molecular weight excluding hydrogens is 341 g/mol. The van der Waals surface area contributed by atoms with E-state index >= 15 is 0 Å². The van der Waals surface area contributed by atoms with Gasteiger partial charge >= 0.3 is 0 Å². The average molecular weight is 355 g/mol. The van der Waals surface area contributed by atoms with Crippen LogP contribution >= 0.6 is 22.6 Å². The lowest BCUT2D eigenvalue weighted by Crippen LogP contribution is -2.30. The highest BCUT2D eigenvalue weighted by molar-refractivity contribution is 14.1. The Morgan fingerprint density at radius 3 is 2.22 bits per heavy atom. The van der Waals surface area contributed by atoms with Crippen LogP contribution in [0.1, 0.15) is 40.0 Å². The fourth-order valence-electron chi connectivity index (χ4n) is 2.04. The van der Waals surface area contributed by atoms with Crippen LogP contribution < -0.4 is 0 Å². The zero-order valence-electron chi connectivity index (χ0n) is 9.93. The first kappa shape index (κ1) is 13.3. The van der Waals surface area contributed by atoms with Gasteiger partial charge in [0.25, 0.3) is 11.8 Å². The Morgan fingerprint density at radius 2 is 1.67 bits per heavy atom. The highest BCUT2D eigenvalue weighted by Gasteiger charge is 2.34. The van der Waals surface area contributed by atoms with Crippen molar-refractivity contribution in [2.45, 2.75) is 19.3 Å². The third-order valence-electron chi connectivity index (χ3n) is 2.97. The number of hydrogen-bond acceptors (Lipinski definition) is 2. The van der Waals surface area contributed by atoms with E-state index in [1.54, 1.807) is 24.3 Å². The van der Waals surface area contributed by atoms with Crippen molar-refractivity contribution < 1.29 is 9.59 Å². The van der Waals surface area contributed by atoms with Gasteiger partial charge in [-0.15, -0.1) is 0 Å². The van der Waals surface area contributed by atoms with Crippen molar-refractivity contribution in [3.63, 3.8) is 0 Å². The highest BCUT2D eigenvalue weighted by Crippen LogP contribution is 2.22. The molecule has 3 nitrogen and oxygen atoms in total. The summed E-state index contributed by atoms with van der Waals surface area (Å²) in [5, 5.41) is 0. The Labute approximate surface area is 120 Å². The SMILES string of the molecule is O=C1c2ccccc2C(=O)N1CCCCC=CI. The van der Waals surface area contributed by atoms with E-state index in [2.05, 4.69) is 28.7 Å². The topological polar surface area (TPSA) is 37.4 Å². The van der Waals surface area contributed by atoms with Crippen molar-refractivity contribution in [2.75, 3.05) is 6.54 Å². The molecule has 0 fully saturated rings. The predicted molar refractivity (Wildman–Crippen MR) is 78.8 cm³/mol. The zero-order valence-corrected chi connectivity index (χ0v) is 12.1. The van der Waals surface area contributed by atoms with Gasteiger partial charge in [0.1, 0.15) is 0 Å². The third kappa shape index (κ3) is 2.63. The number of nitrogens with zero attached hydrogens (tertiary/aromatic N) is 1. The first-order valence-electron chi connectivity index (χ1n) is 5.96. The van der Waals surface area contributed by atoms with Gasteiger partial charge in [0.15, 0.2) is 0 Å². The van der Waals surface area contributed by atoms with Crippen molar-refractivity contribution in [2.24, 2.45) is 0 Å². The lowest BCUT2D eigenvalue weighted by Gasteiger charge is -2.12. The first-order chi connectivity index (χ1) is 8.75. The van der Waals surface area contributed by atoms with Crippen LogP contribution in [-0.2, 0) is 0 Å². The van der Waals surface area contributed by atoms with Gasteiger partial charge in [-0.3, -0.25) is 14.5 Å². The van der Waals surface area contributed by atoms with Gasteiger partial charge in [-0.05, 0) is 35.5 Å². The summed E-state index contributed by atoms with van der Waals surface area (Å²) in [6, 6.07) is 7.01. The van der Waals surface area contributed by atoms with Gasteiger partial charge in [-0.1, -0.05) is 40.8 Å². The molecule has 1 aliphatic heterocycles. The van der Waals surface area contributed by atoms with Crippen LogP contribution in [0, 0.1) is 0 Å². The van der Waals surface area contributed by atoms with Gasteiger partial charge in [0.2, 0.25) is 0 Å². The molecule has 1 aromatic carbocycles. The molecular formula is C14H14INO2. The van der Waals surface area contributed by atoms with E-state index < -0.39 is 0 Å². The van der Waals surface area contributed by atoms with Gasteiger partial charge in [-0.25, -0.2) is 0 Å². The van der Waals surface area contributed by atoms with Gasteiger partial charge in [-0.2, -0.15) is 0 Å². The summed E-state index contributed by atoms with van der Waals surface area (Å²) in [6.45, 7) is 0.515. The van der Waals surface area contributed by atoms with Crippen LogP contribution in [-0.4, -0.2) is 23.3 Å². The molecule has 0 atom stereocenters. The first-order valence-corrected chi connectivity index (χ1v) is 7.20. The summed E-state index contributed by atoms with van der Waals surface area (Å²) in [5.74, 6) is -0.305. The molecule has 18 heavy (non-hydrogen) atoms. The van der Waals surface area contributed by atoms with Crippen LogP contribution in [0.25, 0.3) is 0 Å². The number of allylic oxidation sites excluding steroid dienone is 1. The molecule has 0 N–H and O–H groups in total. The number of fused-ring (bicyclic) bond motifs is 1. The number of carbonyl (C=O) groups is 2. The monoisotopic (exact) mass is 355 g/mol. The van der Waals surface area contributed by atoms with Crippen LogP contribution in [0.15, 0.2) is 34.4 Å². The molecule has 2 amide bonds. The summed E-state index contributed by atoms with van der Waals surface area (Å²) < 4.78 is 1.99. The Morgan fingerprint density at radius 1 is 1.06 bits per heavy atom. The number of carbonyl (C=O) groups excluding carboxylic acids is 2. The quantitative estimate of drug-likeness (QED) is 0.461. The van der Waals surface area contributed by atoms with Crippen molar-refractivity contribution in [3.05, 3.63) is 45.6 Å². The normalized spacial score (nSPS) is 14.6. The van der Waals surface area contributed by atoms with Crippen molar-refractivity contribution in [1.82, 2.24) is 4.90 Å². The van der Waals surface area contributed by atoms with Crippen molar-refractivity contribution >= 4 is 34.4 Å². The molecule has 0 saturated heterocycles. The largest absolute Gasteiger partial charge is 0.274 e. The number of benzene rings is 1. The Kier molecular flexibility index (Phi) is 4.52. The van der Waals surface area contributed by atoms with Crippen LogP contribution in [0.4, 0.5) is 0 Å². The Bertz CT molecular complexity index is 461. The number of halogens is 1. The minimum absolute atomic E-state index is 0.153. The second-order valence-corrected chi connectivity index (χ2v) is 4.88. The van der Waals surface area contributed by atoms with Crippen LogP contribution in [0.2, 0.25) is 0 Å². The molecule has 0 bridgehead atoms. The zero-order chi connectivity index (χ0) is 13.0. The van der Waals surface area contributed by atoms with E-state index in [0.717, 1.165) is 19.3 Å². The molecule has 1 aromatic rings. The van der Waals surface area contributed by atoms with E-state index in [-0.39, 0.29) is 11.8 Å². The third-order valence-corrected chi connectivity index (χ3v) is 3.48. The van der Waals surface area contributed by atoms with Gasteiger partial charge in [0.05, 0.1) is 11.1 Å². The molecule has 1 heterocycles. The maximum absolute atomic E-state index is 12.0. The van der Waals surface area contributed by atoms with E-state index in [0.29, 0.717) is 17.7 Å². The number of amides is 2. The maximum atomic E-state index is 12.0. The molecule has 2 rings (SSSR count). The van der Waals surface area contributed by atoms with Crippen LogP contribution in [0.3, 0.4) is 0 Å². The second kappa shape index (κ2) is 6.13.